The molecule has 35 nitrogen and oxygen atoms in total. The summed E-state index contributed by atoms with van der Waals surface area (Å²) in [7, 11) is 28.0. The summed E-state index contributed by atoms with van der Waals surface area (Å²) in [5.41, 5.74) is 0. The van der Waals surface area contributed by atoms with Gasteiger partial charge >= 0.3 is 0 Å². The fourth-order valence-electron chi connectivity index (χ4n) is 14.5. The quantitative estimate of drug-likeness (QED) is 0.0883. The molecule has 35 heteroatoms. The van der Waals surface area contributed by atoms with Crippen LogP contribution in [0.2, 0.25) is 0 Å². The molecular weight excluding hydrogens is 1290 g/mol. The first-order valence-corrected chi connectivity index (χ1v) is 31.9. The van der Waals surface area contributed by atoms with Crippen LogP contribution in [-0.4, -0.2) is 406 Å². The summed E-state index contributed by atoms with van der Waals surface area (Å²) in [6, 6.07) is 0. The third kappa shape index (κ3) is 17.0. The van der Waals surface area contributed by atoms with Crippen molar-refractivity contribution >= 4 is 0 Å². The Morgan fingerprint density at radius 2 is 0.302 bits per heavy atom. The average Bonchev–Trinajstić information content (AvgIpc) is 0.770. The van der Waals surface area contributed by atoms with Gasteiger partial charge in [-0.2, -0.15) is 0 Å². The molecule has 35 atom stereocenters. The van der Waals surface area contributed by atoms with Crippen LogP contribution in [0.4, 0.5) is 0 Å². The third-order valence-electron chi connectivity index (χ3n) is 19.0. The molecule has 0 saturated carbocycles. The smallest absolute Gasteiger partial charge is 0.187 e. The van der Waals surface area contributed by atoms with Crippen LogP contribution in [0.15, 0.2) is 0 Å². The highest BCUT2D eigenvalue weighted by Gasteiger charge is 2.62. The maximum atomic E-state index is 11.3. The SMILES string of the molecule is COC[C@H]1O[C@@H]2O[C@H]3[C@H](OC)[C@@H](OC)[C@@H](O[C@H]4[C@H](OC)[C@@H](OC)[C@@H](O[C@H]5[C@H](OC)[C@@H](OC)[C@@H](O[C@H]6[C@H](OC)[C@@H](OC)[C@@H](O[C@H]7[C@H](OC)[C@@H](OC)[C@@H](O[C@H]8[C@H](OC)[C@@H](OC)[C@@H](O[C@H]1[C@H](OC)[C@H]2OC)O[C@@H]8CO)O[C@@H]7COC)O[C@@H]6COC)O[C@@H]5COC)O[C@@H]4COC)O[C@@H]3CO. The highest BCUT2D eigenvalue weighted by Crippen LogP contribution is 2.43. The first kappa shape index (κ1) is 80.3. The lowest BCUT2D eigenvalue weighted by molar-refractivity contribution is -0.402. The Kier molecular flexibility index (Phi) is 32.6. The van der Waals surface area contributed by atoms with Crippen molar-refractivity contribution < 1.29 is 167 Å². The summed E-state index contributed by atoms with van der Waals surface area (Å²) in [5.74, 6) is 0. The second-order valence-electron chi connectivity index (χ2n) is 24.0. The molecule has 0 unspecified atom stereocenters. The van der Waals surface area contributed by atoms with E-state index in [0.29, 0.717) is 0 Å². The van der Waals surface area contributed by atoms with Crippen LogP contribution >= 0.6 is 0 Å². The highest BCUT2D eigenvalue weighted by molar-refractivity contribution is 5.04. The van der Waals surface area contributed by atoms with Crippen molar-refractivity contribution in [3.05, 3.63) is 0 Å². The van der Waals surface area contributed by atoms with Gasteiger partial charge in [0.1, 0.15) is 171 Å². The first-order chi connectivity index (χ1) is 46.7. The van der Waals surface area contributed by atoms with E-state index >= 15 is 0 Å². The molecule has 0 aliphatic carbocycles. The number of methoxy groups -OCH3 is 19. The third-order valence-corrected chi connectivity index (χ3v) is 19.0. The predicted octanol–water partition coefficient (Wildman–Crippen LogP) is -2.80. The maximum absolute atomic E-state index is 11.3. The fourth-order valence-corrected chi connectivity index (χ4v) is 14.5. The zero-order chi connectivity index (χ0) is 69.5. The molecule has 21 rings (SSSR count). The Hall–Kier alpha value is -1.40. The molecule has 0 aromatic heterocycles. The molecule has 21 aliphatic heterocycles. The summed E-state index contributed by atoms with van der Waals surface area (Å²) in [5, 5.41) is 22.5. The van der Waals surface area contributed by atoms with Crippen LogP contribution in [0.1, 0.15) is 0 Å². The number of rotatable bonds is 26. The number of hydrogen-bond acceptors (Lipinski definition) is 35. The monoisotopic (exact) mass is 1400 g/mol. The van der Waals surface area contributed by atoms with Crippen LogP contribution in [0, 0.1) is 0 Å². The van der Waals surface area contributed by atoms with E-state index in [9.17, 15) is 10.2 Å². The van der Waals surface area contributed by atoms with E-state index in [4.69, 9.17) is 156 Å². The normalized spacial score (nSPS) is 46.8. The summed E-state index contributed by atoms with van der Waals surface area (Å²) < 4.78 is 212. The van der Waals surface area contributed by atoms with Gasteiger partial charge in [0.2, 0.25) is 0 Å². The zero-order valence-corrected chi connectivity index (χ0v) is 58.5. The minimum atomic E-state index is -1.32. The van der Waals surface area contributed by atoms with Crippen molar-refractivity contribution in [1.82, 2.24) is 0 Å². The van der Waals surface area contributed by atoms with Gasteiger partial charge in [-0.3, -0.25) is 0 Å². The number of aliphatic hydroxyl groups is 2. The topological polar surface area (TPSA) is 345 Å². The van der Waals surface area contributed by atoms with Crippen LogP contribution in [0.25, 0.3) is 0 Å². The summed E-state index contributed by atoms with van der Waals surface area (Å²) in [6.45, 7) is -1.57. The molecule has 0 aromatic carbocycles. The average molecular weight is 1400 g/mol. The first-order valence-electron chi connectivity index (χ1n) is 31.9. The lowest BCUT2D eigenvalue weighted by Crippen LogP contribution is -2.69. The minimum Gasteiger partial charge on any atom is -0.394 e. The molecule has 0 radical (unpaired) electrons. The Balaban J connectivity index is 1.22. The molecule has 14 bridgehead atoms. The lowest BCUT2D eigenvalue weighted by atomic mass is 9.94. The summed E-state index contributed by atoms with van der Waals surface area (Å²) >= 11 is 0. The molecule has 0 aromatic rings. The van der Waals surface area contributed by atoms with Crippen molar-refractivity contribution in [2.24, 2.45) is 0 Å². The molecule has 21 heterocycles. The molecule has 21 fully saturated rings. The van der Waals surface area contributed by atoms with Gasteiger partial charge in [0.25, 0.3) is 0 Å². The van der Waals surface area contributed by atoms with Gasteiger partial charge in [-0.25, -0.2) is 0 Å². The maximum Gasteiger partial charge on any atom is 0.187 e. The van der Waals surface area contributed by atoms with Crippen LogP contribution < -0.4 is 0 Å². The van der Waals surface area contributed by atoms with Gasteiger partial charge in [0.05, 0.1) is 46.2 Å². The van der Waals surface area contributed by atoms with Crippen molar-refractivity contribution in [1.29, 1.82) is 0 Å². The van der Waals surface area contributed by atoms with Crippen LogP contribution in [0.5, 0.6) is 0 Å². The van der Waals surface area contributed by atoms with Gasteiger partial charge in [-0.1, -0.05) is 0 Å². The van der Waals surface area contributed by atoms with Gasteiger partial charge < -0.3 is 167 Å². The van der Waals surface area contributed by atoms with Crippen molar-refractivity contribution in [3.8, 4) is 0 Å². The second-order valence-corrected chi connectivity index (χ2v) is 24.0. The minimum absolute atomic E-state index is 0.0543. The molecule has 2 N–H and O–H groups in total. The van der Waals surface area contributed by atoms with Crippen LogP contribution in [-0.2, 0) is 156 Å². The van der Waals surface area contributed by atoms with Gasteiger partial charge in [-0.05, 0) is 0 Å². The van der Waals surface area contributed by atoms with Crippen LogP contribution in [0.3, 0.4) is 0 Å². The molecule has 562 valence electrons. The molecule has 21 saturated heterocycles. The highest BCUT2D eigenvalue weighted by atomic mass is 16.8. The van der Waals surface area contributed by atoms with E-state index in [1.54, 1.807) is 0 Å². The lowest BCUT2D eigenvalue weighted by Gasteiger charge is -2.52. The van der Waals surface area contributed by atoms with Crippen molar-refractivity contribution in [2.45, 2.75) is 215 Å². The van der Waals surface area contributed by atoms with Gasteiger partial charge in [0, 0.05) is 135 Å². The summed E-state index contributed by atoms with van der Waals surface area (Å²) in [4.78, 5) is 0. The van der Waals surface area contributed by atoms with Gasteiger partial charge in [-0.15, -0.1) is 0 Å². The van der Waals surface area contributed by atoms with Crippen molar-refractivity contribution in [2.75, 3.05) is 181 Å². The largest absolute Gasteiger partial charge is 0.394 e. The Morgan fingerprint density at radius 3 is 0.417 bits per heavy atom. The van der Waals surface area contributed by atoms with E-state index < -0.39 is 228 Å². The standard InChI is InChI=1S/C61H108O35/c1-64-22-29-36-43(71-8)50(78-15)57(85-29)90-34-27(20-62)84-56(49(77-14)41(34)69-6)93-37-30(23-65-2)87-59(52(80-17)44(37)72-9)95-39-32(25-67-4)89-61(54(82-19)46(39)74-11)96-40-33(26-68-5)88-60(53(81-18)47(40)75-12)94-38-31(24-66-3)86-58(51(79-16)45(38)73-10)91-35-28(21-63)83-55(92-36)48(76-13)42(35)70-7/h27-63H,20-26H2,1-19H3/t27-,28-,29-,30-,31-,32-,33-,34-,35-,36-,37-,38-,39-,40-,41+,42+,43+,44+,45+,46+,47+,48-,49-,50-,51-,52-,53-,54-,55-,56-,57-,58-,59-,60-,61-/m1/s1. The Labute approximate surface area is 561 Å². The Bertz CT molecular complexity index is 2160. The summed E-state index contributed by atoms with van der Waals surface area (Å²) in [6.07, 6.45) is -38.1. The van der Waals surface area contributed by atoms with E-state index in [0.717, 1.165) is 0 Å². The van der Waals surface area contributed by atoms with Crippen molar-refractivity contribution in [3.63, 3.8) is 0 Å². The Morgan fingerprint density at radius 1 is 0.177 bits per heavy atom. The number of ether oxygens (including phenoxy) is 33. The number of hydrogen-bond donors (Lipinski definition) is 2. The molecule has 21 aliphatic rings. The molecule has 96 heavy (non-hydrogen) atoms. The molecule has 0 spiro atoms. The molecular formula is C61H108O35. The van der Waals surface area contributed by atoms with E-state index in [2.05, 4.69) is 0 Å². The van der Waals surface area contributed by atoms with Gasteiger partial charge in [0.15, 0.2) is 44.0 Å². The van der Waals surface area contributed by atoms with E-state index in [1.807, 2.05) is 0 Å². The second kappa shape index (κ2) is 38.9. The molecule has 0 amide bonds. The predicted molar refractivity (Wildman–Crippen MR) is 319 cm³/mol. The van der Waals surface area contributed by atoms with E-state index in [1.165, 1.54) is 135 Å². The fraction of sp³-hybridized carbons (Fsp3) is 1.00. The zero-order valence-electron chi connectivity index (χ0n) is 58.5. The van der Waals surface area contributed by atoms with E-state index in [-0.39, 0.29) is 33.0 Å². The number of aliphatic hydroxyl groups excluding tert-OH is 2.